The number of aliphatic hydroxyl groups excluding tert-OH is 1. The predicted octanol–water partition coefficient (Wildman–Crippen LogP) is 2.63. The predicted molar refractivity (Wildman–Crippen MR) is 84.0 cm³/mol. The van der Waals surface area contributed by atoms with Crippen molar-refractivity contribution in [3.8, 4) is 0 Å². The highest BCUT2D eigenvalue weighted by Gasteiger charge is 2.36. The van der Waals surface area contributed by atoms with Gasteiger partial charge in [-0.25, -0.2) is 8.78 Å². The molecule has 126 valence electrons. The van der Waals surface area contributed by atoms with Gasteiger partial charge in [0.05, 0.1) is 12.1 Å². The van der Waals surface area contributed by atoms with Crippen molar-refractivity contribution in [3.05, 3.63) is 65.5 Å². The summed E-state index contributed by atoms with van der Waals surface area (Å²) in [5, 5.41) is 9.91. The molecular weight excluding hydrogens is 314 g/mol. The molecule has 0 unspecified atom stereocenters. The van der Waals surface area contributed by atoms with Gasteiger partial charge in [-0.2, -0.15) is 0 Å². The highest BCUT2D eigenvalue weighted by molar-refractivity contribution is 5.77. The molecule has 0 spiro atoms. The van der Waals surface area contributed by atoms with E-state index in [0.717, 1.165) is 23.8 Å². The monoisotopic (exact) mass is 332 g/mol. The van der Waals surface area contributed by atoms with Crippen molar-refractivity contribution in [1.29, 1.82) is 0 Å². The number of amides is 1. The molecule has 1 saturated heterocycles. The van der Waals surface area contributed by atoms with Crippen LogP contribution in [0.3, 0.4) is 0 Å². The molecule has 24 heavy (non-hydrogen) atoms. The molecule has 1 N–H and O–H groups in total. The van der Waals surface area contributed by atoms with E-state index in [1.165, 1.54) is 4.90 Å². The van der Waals surface area contributed by atoms with Gasteiger partial charge in [0.15, 0.2) is 0 Å². The minimum absolute atomic E-state index is 0.115. The number of hydrogen-bond acceptors (Lipinski definition) is 3. The molecule has 1 aliphatic heterocycles. The van der Waals surface area contributed by atoms with Gasteiger partial charge >= 0.3 is 0 Å². The number of rotatable bonds is 4. The Kier molecular flexibility index (Phi) is 4.85. The highest BCUT2D eigenvalue weighted by Crippen LogP contribution is 2.34. The number of aliphatic hydroxyl groups is 1. The molecule has 0 aliphatic carbocycles. The quantitative estimate of drug-likeness (QED) is 0.936. The lowest BCUT2D eigenvalue weighted by atomic mass is 10.0. The van der Waals surface area contributed by atoms with E-state index in [2.05, 4.69) is 4.98 Å². The maximum Gasteiger partial charge on any atom is 0.223 e. The fraction of sp³-hybridized carbons (Fsp3) is 0.333. The van der Waals surface area contributed by atoms with Gasteiger partial charge in [0.25, 0.3) is 0 Å². The van der Waals surface area contributed by atoms with Crippen LogP contribution in [0.2, 0.25) is 0 Å². The summed E-state index contributed by atoms with van der Waals surface area (Å²) in [4.78, 5) is 17.9. The molecule has 2 aromatic rings. The summed E-state index contributed by atoms with van der Waals surface area (Å²) in [6, 6.07) is 6.21. The number of aryl methyl sites for hydroxylation is 1. The SMILES string of the molecule is O=C(CCc1ccncc1)N1C[C@H](O)C[C@@H]1c1cc(F)ccc1F. The number of β-amino-alcohol motifs (C(OH)–C–C–N with tert-alkyl or cyclic N) is 1. The number of carbonyl (C=O) groups excluding carboxylic acids is 1. The first-order chi connectivity index (χ1) is 11.5. The molecule has 1 fully saturated rings. The molecule has 6 heteroatoms. The molecule has 0 radical (unpaired) electrons. The summed E-state index contributed by atoms with van der Waals surface area (Å²) in [5.41, 5.74) is 1.09. The molecule has 0 saturated carbocycles. The Balaban J connectivity index is 1.75. The van der Waals surface area contributed by atoms with Gasteiger partial charge in [-0.3, -0.25) is 9.78 Å². The Labute approximate surface area is 138 Å². The second-order valence-corrected chi connectivity index (χ2v) is 5.97. The van der Waals surface area contributed by atoms with Crippen LogP contribution in [0.1, 0.15) is 30.0 Å². The average Bonchev–Trinajstić information content (AvgIpc) is 2.97. The summed E-state index contributed by atoms with van der Waals surface area (Å²) < 4.78 is 27.5. The van der Waals surface area contributed by atoms with Crippen LogP contribution in [0.5, 0.6) is 0 Å². The maximum atomic E-state index is 14.0. The summed E-state index contributed by atoms with van der Waals surface area (Å²) in [6.07, 6.45) is 3.56. The van der Waals surface area contributed by atoms with Crippen LogP contribution in [0.25, 0.3) is 0 Å². The van der Waals surface area contributed by atoms with Gasteiger partial charge in [0, 0.05) is 30.9 Å². The zero-order chi connectivity index (χ0) is 17.1. The Morgan fingerprint density at radius 1 is 1.25 bits per heavy atom. The third-order valence-electron chi connectivity index (χ3n) is 4.29. The average molecular weight is 332 g/mol. The van der Waals surface area contributed by atoms with Gasteiger partial charge in [0.1, 0.15) is 11.6 Å². The standard InChI is InChI=1S/C18H18F2N2O2/c19-13-2-3-16(20)15(9-13)17-10-14(23)11-22(17)18(24)4-1-12-5-7-21-8-6-12/h2-3,5-9,14,17,23H,1,4,10-11H2/t14-,17-/m1/s1. The van der Waals surface area contributed by atoms with E-state index in [1.54, 1.807) is 12.4 Å². The molecule has 1 amide bonds. The lowest BCUT2D eigenvalue weighted by Crippen LogP contribution is -2.32. The van der Waals surface area contributed by atoms with Gasteiger partial charge in [-0.1, -0.05) is 0 Å². The summed E-state index contributed by atoms with van der Waals surface area (Å²) in [6.45, 7) is 0.135. The first kappa shape index (κ1) is 16.5. The van der Waals surface area contributed by atoms with Crippen molar-refractivity contribution in [2.24, 2.45) is 0 Å². The number of carbonyl (C=O) groups is 1. The van der Waals surface area contributed by atoms with Crippen LogP contribution in [0, 0.1) is 11.6 Å². The van der Waals surface area contributed by atoms with Crippen molar-refractivity contribution in [2.75, 3.05) is 6.54 Å². The van der Waals surface area contributed by atoms with Gasteiger partial charge < -0.3 is 10.0 Å². The fourth-order valence-corrected chi connectivity index (χ4v) is 3.10. The lowest BCUT2D eigenvalue weighted by molar-refractivity contribution is -0.132. The number of nitrogens with zero attached hydrogens (tertiary/aromatic N) is 2. The molecule has 2 heterocycles. The van der Waals surface area contributed by atoms with E-state index in [9.17, 15) is 18.7 Å². The fourth-order valence-electron chi connectivity index (χ4n) is 3.10. The van der Waals surface area contributed by atoms with E-state index in [4.69, 9.17) is 0 Å². The number of benzene rings is 1. The second kappa shape index (κ2) is 7.05. The van der Waals surface area contributed by atoms with Crippen LogP contribution < -0.4 is 0 Å². The molecule has 3 rings (SSSR count). The first-order valence-electron chi connectivity index (χ1n) is 7.86. The molecule has 1 aromatic heterocycles. The molecule has 2 atom stereocenters. The molecule has 0 bridgehead atoms. The Bertz CT molecular complexity index is 724. The Hall–Kier alpha value is -2.34. The Morgan fingerprint density at radius 3 is 2.75 bits per heavy atom. The molecule has 1 aromatic carbocycles. The second-order valence-electron chi connectivity index (χ2n) is 5.97. The van der Waals surface area contributed by atoms with Crippen LogP contribution in [0.4, 0.5) is 8.78 Å². The number of halogens is 2. The van der Waals surface area contributed by atoms with E-state index < -0.39 is 23.8 Å². The maximum absolute atomic E-state index is 14.0. The number of hydrogen-bond donors (Lipinski definition) is 1. The molecule has 1 aliphatic rings. The molecule has 4 nitrogen and oxygen atoms in total. The van der Waals surface area contributed by atoms with Crippen LogP contribution >= 0.6 is 0 Å². The number of aromatic nitrogens is 1. The zero-order valence-corrected chi connectivity index (χ0v) is 13.0. The summed E-state index contributed by atoms with van der Waals surface area (Å²) in [5.74, 6) is -1.31. The third-order valence-corrected chi connectivity index (χ3v) is 4.29. The van der Waals surface area contributed by atoms with Crippen molar-refractivity contribution >= 4 is 5.91 Å². The molecular formula is C18H18F2N2O2. The van der Waals surface area contributed by atoms with Crippen LogP contribution in [-0.4, -0.2) is 33.5 Å². The van der Waals surface area contributed by atoms with E-state index in [-0.39, 0.29) is 30.9 Å². The van der Waals surface area contributed by atoms with Gasteiger partial charge in [-0.05, 0) is 48.7 Å². The van der Waals surface area contributed by atoms with Crippen molar-refractivity contribution in [1.82, 2.24) is 9.88 Å². The smallest absolute Gasteiger partial charge is 0.223 e. The third kappa shape index (κ3) is 3.59. The van der Waals surface area contributed by atoms with E-state index in [1.807, 2.05) is 12.1 Å². The minimum atomic E-state index is -0.734. The van der Waals surface area contributed by atoms with Crippen molar-refractivity contribution in [2.45, 2.75) is 31.4 Å². The minimum Gasteiger partial charge on any atom is -0.391 e. The van der Waals surface area contributed by atoms with Gasteiger partial charge in [-0.15, -0.1) is 0 Å². The summed E-state index contributed by atoms with van der Waals surface area (Å²) in [7, 11) is 0. The zero-order valence-electron chi connectivity index (χ0n) is 13.0. The van der Waals surface area contributed by atoms with Crippen molar-refractivity contribution < 1.29 is 18.7 Å². The van der Waals surface area contributed by atoms with Crippen LogP contribution in [-0.2, 0) is 11.2 Å². The normalized spacial score (nSPS) is 20.4. The van der Waals surface area contributed by atoms with Crippen molar-refractivity contribution in [3.63, 3.8) is 0 Å². The number of likely N-dealkylation sites (tertiary alicyclic amines) is 1. The summed E-state index contributed by atoms with van der Waals surface area (Å²) >= 11 is 0. The highest BCUT2D eigenvalue weighted by atomic mass is 19.1. The van der Waals surface area contributed by atoms with E-state index >= 15 is 0 Å². The van der Waals surface area contributed by atoms with Crippen LogP contribution in [0.15, 0.2) is 42.7 Å². The topological polar surface area (TPSA) is 53.4 Å². The van der Waals surface area contributed by atoms with E-state index in [0.29, 0.717) is 6.42 Å². The largest absolute Gasteiger partial charge is 0.391 e. The number of pyridine rings is 1. The van der Waals surface area contributed by atoms with Gasteiger partial charge in [0.2, 0.25) is 5.91 Å². The Morgan fingerprint density at radius 2 is 2.00 bits per heavy atom. The lowest BCUT2D eigenvalue weighted by Gasteiger charge is -2.25. The first-order valence-corrected chi connectivity index (χ1v) is 7.86.